The van der Waals surface area contributed by atoms with E-state index in [0.717, 1.165) is 29.4 Å². The summed E-state index contributed by atoms with van der Waals surface area (Å²) in [6, 6.07) is 6.01. The second kappa shape index (κ2) is 14.8. The Kier molecular flexibility index (Phi) is 12.9. The molecule has 2 N–H and O–H groups in total. The van der Waals surface area contributed by atoms with Gasteiger partial charge in [0.05, 0.1) is 45.8 Å². The molecule has 0 amide bonds. The van der Waals surface area contributed by atoms with Crippen LogP contribution in [-0.4, -0.2) is 71.9 Å². The maximum absolute atomic E-state index is 5.60. The highest BCUT2D eigenvalue weighted by Crippen LogP contribution is 2.31. The van der Waals surface area contributed by atoms with Crippen LogP contribution in [0, 0.1) is 12.3 Å². The maximum Gasteiger partial charge on any atom is 0.201 e. The van der Waals surface area contributed by atoms with Crippen LogP contribution in [0.2, 0.25) is 6.82 Å². The van der Waals surface area contributed by atoms with E-state index in [1.165, 1.54) is 0 Å². The van der Waals surface area contributed by atoms with Crippen molar-refractivity contribution in [3.8, 4) is 18.1 Å². The average molecular weight is 378 g/mol. The molecule has 0 atom stereocenters. The van der Waals surface area contributed by atoms with E-state index < -0.39 is 0 Å². The van der Waals surface area contributed by atoms with Gasteiger partial charge in [0.15, 0.2) is 0 Å². The predicted octanol–water partition coefficient (Wildman–Crippen LogP) is 1.97. The number of hydrogen-bond donors (Lipinski definition) is 2. The third-order valence-electron chi connectivity index (χ3n) is 3.33. The van der Waals surface area contributed by atoms with Gasteiger partial charge < -0.3 is 24.8 Å². The van der Waals surface area contributed by atoms with Crippen LogP contribution in [0.25, 0.3) is 0 Å². The lowest BCUT2D eigenvalue weighted by atomic mass is 10.0. The summed E-state index contributed by atoms with van der Waals surface area (Å²) >= 11 is 1.65. The summed E-state index contributed by atoms with van der Waals surface area (Å²) in [7, 11) is 5.60. The predicted molar refractivity (Wildman–Crippen MR) is 110 cm³/mol. The highest BCUT2D eigenvalue weighted by molar-refractivity contribution is 7.97. The van der Waals surface area contributed by atoms with Gasteiger partial charge in [0, 0.05) is 18.0 Å². The zero-order valence-corrected chi connectivity index (χ0v) is 16.7. The number of nitrogens with one attached hydrogen (secondary N) is 2. The standard InChI is InChI=1S/C18H29BN3O3S/c1-5-8-20-17-7-6-16(15-18(17)23-4)26-22(3)10-12-25-14-13-24-11-9-21-19-2/h1,6-7,15,20-21H,8-14H2,2-4H3. The van der Waals surface area contributed by atoms with Gasteiger partial charge in [0.2, 0.25) is 7.41 Å². The minimum absolute atomic E-state index is 0.470. The first-order valence-corrected chi connectivity index (χ1v) is 9.39. The van der Waals surface area contributed by atoms with E-state index in [1.54, 1.807) is 19.1 Å². The summed E-state index contributed by atoms with van der Waals surface area (Å²) in [5.74, 6) is 3.34. The number of hydrogen-bond acceptors (Lipinski definition) is 7. The number of rotatable bonds is 15. The van der Waals surface area contributed by atoms with Crippen molar-refractivity contribution in [2.75, 3.05) is 65.5 Å². The van der Waals surface area contributed by atoms with Crippen LogP contribution in [-0.2, 0) is 9.47 Å². The van der Waals surface area contributed by atoms with Crippen LogP contribution < -0.4 is 15.3 Å². The van der Waals surface area contributed by atoms with Crippen LogP contribution >= 0.6 is 11.9 Å². The lowest BCUT2D eigenvalue weighted by molar-refractivity contribution is 0.0481. The van der Waals surface area contributed by atoms with Crippen molar-refractivity contribution in [1.29, 1.82) is 0 Å². The topological polar surface area (TPSA) is 55.0 Å². The molecule has 0 bridgehead atoms. The molecule has 0 aliphatic carbocycles. The highest BCUT2D eigenvalue weighted by Gasteiger charge is 2.07. The molecule has 1 aromatic carbocycles. The molecule has 0 heterocycles. The van der Waals surface area contributed by atoms with Gasteiger partial charge in [-0.15, -0.1) is 6.42 Å². The fourth-order valence-electron chi connectivity index (χ4n) is 2.04. The molecule has 1 radical (unpaired) electrons. The largest absolute Gasteiger partial charge is 0.495 e. The van der Waals surface area contributed by atoms with Crippen LogP contribution in [0.15, 0.2) is 23.1 Å². The lowest BCUT2D eigenvalue weighted by Crippen LogP contribution is -2.22. The summed E-state index contributed by atoms with van der Waals surface area (Å²) in [5, 5.41) is 6.23. The van der Waals surface area contributed by atoms with Crippen molar-refractivity contribution in [3.63, 3.8) is 0 Å². The van der Waals surface area contributed by atoms with E-state index in [1.807, 2.05) is 39.5 Å². The van der Waals surface area contributed by atoms with Crippen molar-refractivity contribution in [2.24, 2.45) is 0 Å². The first-order valence-electron chi connectivity index (χ1n) is 8.62. The van der Waals surface area contributed by atoms with E-state index >= 15 is 0 Å². The van der Waals surface area contributed by atoms with E-state index in [2.05, 4.69) is 20.8 Å². The summed E-state index contributed by atoms with van der Waals surface area (Å²) in [6.45, 7) is 6.65. The summed E-state index contributed by atoms with van der Waals surface area (Å²) in [6.07, 6.45) is 5.28. The number of likely N-dealkylation sites (N-methyl/N-ethyl adjacent to an activating group) is 1. The fraction of sp³-hybridized carbons (Fsp3) is 0.556. The van der Waals surface area contributed by atoms with Crippen molar-refractivity contribution >= 4 is 25.0 Å². The molecule has 0 aliphatic heterocycles. The average Bonchev–Trinajstić information content (AvgIpc) is 2.65. The molecule has 0 spiro atoms. The quantitative estimate of drug-likeness (QED) is 0.209. The second-order valence-electron chi connectivity index (χ2n) is 5.33. The lowest BCUT2D eigenvalue weighted by Gasteiger charge is -2.17. The molecular formula is C18H29BN3O3S. The molecule has 26 heavy (non-hydrogen) atoms. The minimum Gasteiger partial charge on any atom is -0.495 e. The molecule has 1 rings (SSSR count). The van der Waals surface area contributed by atoms with Crippen LogP contribution in [0.5, 0.6) is 5.75 Å². The van der Waals surface area contributed by atoms with Gasteiger partial charge in [-0.25, -0.2) is 4.31 Å². The Morgan fingerprint density at radius 1 is 1.23 bits per heavy atom. The first-order chi connectivity index (χ1) is 12.7. The third kappa shape index (κ3) is 9.95. The number of methoxy groups -OCH3 is 1. The number of terminal acetylenes is 1. The normalized spacial score (nSPS) is 10.6. The Labute approximate surface area is 162 Å². The number of benzene rings is 1. The van der Waals surface area contributed by atoms with Gasteiger partial charge in [-0.2, -0.15) is 0 Å². The SMILES string of the molecule is C#CCNc1ccc(SN(C)CCOCCOCCN[B]C)cc1OC. The summed E-state index contributed by atoms with van der Waals surface area (Å²) in [4.78, 5) is 1.10. The van der Waals surface area contributed by atoms with Crippen LogP contribution in [0.1, 0.15) is 0 Å². The summed E-state index contributed by atoms with van der Waals surface area (Å²) in [5.41, 5.74) is 0.896. The van der Waals surface area contributed by atoms with Crippen LogP contribution in [0.3, 0.4) is 0 Å². The first kappa shape index (κ1) is 22.7. The molecule has 0 aliphatic rings. The molecule has 8 heteroatoms. The molecule has 1 aromatic rings. The van der Waals surface area contributed by atoms with Gasteiger partial charge in [-0.3, -0.25) is 0 Å². The molecule has 0 fully saturated rings. The van der Waals surface area contributed by atoms with Crippen molar-refractivity contribution < 1.29 is 14.2 Å². The molecular weight excluding hydrogens is 349 g/mol. The maximum atomic E-state index is 5.60. The Morgan fingerprint density at radius 3 is 2.69 bits per heavy atom. The molecule has 0 saturated carbocycles. The fourth-order valence-corrected chi connectivity index (χ4v) is 2.85. The van der Waals surface area contributed by atoms with Gasteiger partial charge in [0.25, 0.3) is 0 Å². The monoisotopic (exact) mass is 378 g/mol. The van der Waals surface area contributed by atoms with E-state index in [9.17, 15) is 0 Å². The zero-order valence-electron chi connectivity index (χ0n) is 15.9. The third-order valence-corrected chi connectivity index (χ3v) is 4.29. The van der Waals surface area contributed by atoms with E-state index in [0.29, 0.717) is 33.0 Å². The number of nitrogens with zero attached hydrogens (tertiary/aromatic N) is 1. The molecule has 0 unspecified atom stereocenters. The van der Waals surface area contributed by atoms with Crippen molar-refractivity contribution in [3.05, 3.63) is 18.2 Å². The van der Waals surface area contributed by atoms with E-state index in [-0.39, 0.29) is 0 Å². The molecule has 143 valence electrons. The van der Waals surface area contributed by atoms with Gasteiger partial charge in [0.1, 0.15) is 5.75 Å². The zero-order chi connectivity index (χ0) is 19.0. The number of ether oxygens (including phenoxy) is 3. The Hall–Kier alpha value is -1.37. The van der Waals surface area contributed by atoms with E-state index in [4.69, 9.17) is 20.6 Å². The summed E-state index contributed by atoms with van der Waals surface area (Å²) < 4.78 is 18.6. The molecule has 0 aromatic heterocycles. The van der Waals surface area contributed by atoms with Gasteiger partial charge >= 0.3 is 0 Å². The molecule has 6 nitrogen and oxygen atoms in total. The smallest absolute Gasteiger partial charge is 0.201 e. The Bertz CT molecular complexity index is 543. The van der Waals surface area contributed by atoms with Crippen molar-refractivity contribution in [1.82, 2.24) is 9.53 Å². The Morgan fingerprint density at radius 2 is 2.00 bits per heavy atom. The highest BCUT2D eigenvalue weighted by atomic mass is 32.2. The van der Waals surface area contributed by atoms with Crippen LogP contribution in [0.4, 0.5) is 5.69 Å². The van der Waals surface area contributed by atoms with Gasteiger partial charge in [-0.05, 0) is 37.2 Å². The molecule has 0 saturated heterocycles. The second-order valence-corrected chi connectivity index (χ2v) is 6.61. The number of anilines is 1. The minimum atomic E-state index is 0.470. The Balaban J connectivity index is 2.22. The van der Waals surface area contributed by atoms with Crippen molar-refractivity contribution in [2.45, 2.75) is 11.7 Å². The van der Waals surface area contributed by atoms with Gasteiger partial charge in [-0.1, -0.05) is 12.7 Å².